The summed E-state index contributed by atoms with van der Waals surface area (Å²) in [5.41, 5.74) is 0.711. The van der Waals surface area contributed by atoms with Gasteiger partial charge in [-0.25, -0.2) is 0 Å². The van der Waals surface area contributed by atoms with E-state index in [1.54, 1.807) is 11.3 Å². The van der Waals surface area contributed by atoms with Crippen molar-refractivity contribution in [3.05, 3.63) is 22.4 Å². The predicted octanol–water partition coefficient (Wildman–Crippen LogP) is 2.45. The van der Waals surface area contributed by atoms with Crippen LogP contribution in [0.25, 0.3) is 0 Å². The van der Waals surface area contributed by atoms with Gasteiger partial charge < -0.3 is 5.11 Å². The van der Waals surface area contributed by atoms with Gasteiger partial charge in [-0.1, -0.05) is 6.92 Å². The Hall–Kier alpha value is -0.340. The van der Waals surface area contributed by atoms with Crippen molar-refractivity contribution >= 4 is 11.3 Å². The van der Waals surface area contributed by atoms with Crippen LogP contribution in [-0.4, -0.2) is 10.7 Å². The van der Waals surface area contributed by atoms with Gasteiger partial charge in [0.2, 0.25) is 0 Å². The van der Waals surface area contributed by atoms with Crippen LogP contribution in [0.5, 0.6) is 0 Å². The molecule has 1 N–H and O–H groups in total. The molecule has 1 nitrogen and oxygen atoms in total. The first-order chi connectivity index (χ1) is 5.14. The Bertz CT molecular complexity index is 201. The minimum atomic E-state index is -0.527. The minimum absolute atomic E-state index is 0.527. The number of thiophene rings is 1. The molecular weight excluding hydrogens is 156 g/mol. The van der Waals surface area contributed by atoms with Gasteiger partial charge >= 0.3 is 0 Å². The Balaban J connectivity index is 2.56. The summed E-state index contributed by atoms with van der Waals surface area (Å²) in [6.45, 7) is 3.89. The molecule has 0 aliphatic heterocycles. The number of hydrogen-bond donors (Lipinski definition) is 1. The van der Waals surface area contributed by atoms with E-state index in [0.29, 0.717) is 0 Å². The first-order valence-electron chi connectivity index (χ1n) is 3.87. The second-order valence-corrected chi connectivity index (χ2v) is 3.94. The van der Waals surface area contributed by atoms with E-state index in [2.05, 4.69) is 11.4 Å². The van der Waals surface area contributed by atoms with Crippen molar-refractivity contribution in [3.8, 4) is 0 Å². The second kappa shape index (κ2) is 3.37. The third kappa shape index (κ3) is 2.64. The van der Waals surface area contributed by atoms with Crippen molar-refractivity contribution in [2.24, 2.45) is 0 Å². The van der Waals surface area contributed by atoms with E-state index >= 15 is 0 Å². The molecule has 62 valence electrons. The minimum Gasteiger partial charge on any atom is -0.390 e. The zero-order chi connectivity index (χ0) is 8.32. The Morgan fingerprint density at radius 1 is 1.64 bits per heavy atom. The normalized spacial score (nSPS) is 16.3. The van der Waals surface area contributed by atoms with E-state index in [9.17, 15) is 5.11 Å². The monoisotopic (exact) mass is 170 g/mol. The molecule has 1 heterocycles. The molecular formula is C9H14OS. The average molecular weight is 170 g/mol. The van der Waals surface area contributed by atoms with Gasteiger partial charge in [-0.05, 0) is 35.7 Å². The fourth-order valence-corrected chi connectivity index (χ4v) is 1.63. The van der Waals surface area contributed by atoms with E-state index < -0.39 is 5.60 Å². The summed E-state index contributed by atoms with van der Waals surface area (Å²) in [4.78, 5) is 0. The number of hydrogen-bond acceptors (Lipinski definition) is 2. The van der Waals surface area contributed by atoms with Crippen LogP contribution in [0.1, 0.15) is 25.8 Å². The molecule has 1 aromatic heterocycles. The fraction of sp³-hybridized carbons (Fsp3) is 0.556. The molecule has 0 radical (unpaired) electrons. The summed E-state index contributed by atoms with van der Waals surface area (Å²) in [5, 5.41) is 13.8. The van der Waals surface area contributed by atoms with E-state index in [1.807, 2.05) is 19.2 Å². The molecule has 0 aliphatic rings. The highest BCUT2D eigenvalue weighted by molar-refractivity contribution is 7.07. The van der Waals surface area contributed by atoms with Gasteiger partial charge in [-0.3, -0.25) is 0 Å². The molecule has 11 heavy (non-hydrogen) atoms. The summed E-state index contributed by atoms with van der Waals surface area (Å²) in [7, 11) is 0. The Kier molecular flexibility index (Phi) is 2.68. The summed E-state index contributed by atoms with van der Waals surface area (Å²) in [5.74, 6) is 0. The molecule has 0 saturated heterocycles. The molecule has 0 aromatic carbocycles. The van der Waals surface area contributed by atoms with Crippen LogP contribution >= 0.6 is 11.3 Å². The van der Waals surface area contributed by atoms with Gasteiger partial charge in [-0.15, -0.1) is 0 Å². The maximum absolute atomic E-state index is 9.70. The van der Waals surface area contributed by atoms with Gasteiger partial charge in [0.1, 0.15) is 0 Å². The molecule has 0 fully saturated rings. The first-order valence-corrected chi connectivity index (χ1v) is 4.82. The van der Waals surface area contributed by atoms with Crippen LogP contribution in [0.3, 0.4) is 0 Å². The van der Waals surface area contributed by atoms with Gasteiger partial charge in [0.25, 0.3) is 0 Å². The van der Waals surface area contributed by atoms with Crippen molar-refractivity contribution in [2.45, 2.75) is 32.3 Å². The smallest absolute Gasteiger partial charge is 0.0657 e. The summed E-state index contributed by atoms with van der Waals surface area (Å²) in [6.07, 6.45) is 1.58. The fourth-order valence-electron chi connectivity index (χ4n) is 0.958. The van der Waals surface area contributed by atoms with Crippen LogP contribution in [0, 0.1) is 0 Å². The van der Waals surface area contributed by atoms with Crippen molar-refractivity contribution in [2.75, 3.05) is 0 Å². The molecule has 2 heteroatoms. The third-order valence-corrected chi connectivity index (χ3v) is 2.66. The molecule has 0 saturated carbocycles. The molecule has 1 aromatic rings. The molecule has 0 amide bonds. The van der Waals surface area contributed by atoms with Crippen molar-refractivity contribution in [3.63, 3.8) is 0 Å². The van der Waals surface area contributed by atoms with Crippen LogP contribution in [0.4, 0.5) is 0 Å². The maximum atomic E-state index is 9.70. The lowest BCUT2D eigenvalue weighted by Gasteiger charge is -2.19. The Labute approximate surface area is 71.7 Å². The standard InChI is InChI=1S/C9H14OS/c1-3-9(2,10)6-8-4-5-11-7-8/h4-5,7,10H,3,6H2,1-2H3. The van der Waals surface area contributed by atoms with Crippen LogP contribution < -0.4 is 0 Å². The van der Waals surface area contributed by atoms with Gasteiger partial charge in [0.15, 0.2) is 0 Å². The number of aliphatic hydroxyl groups is 1. The van der Waals surface area contributed by atoms with Gasteiger partial charge in [0.05, 0.1) is 5.60 Å². The highest BCUT2D eigenvalue weighted by atomic mass is 32.1. The Morgan fingerprint density at radius 2 is 2.36 bits per heavy atom. The maximum Gasteiger partial charge on any atom is 0.0657 e. The predicted molar refractivity (Wildman–Crippen MR) is 48.9 cm³/mol. The van der Waals surface area contributed by atoms with E-state index in [0.717, 1.165) is 12.8 Å². The summed E-state index contributed by atoms with van der Waals surface area (Å²) >= 11 is 1.68. The first kappa shape index (κ1) is 8.75. The molecule has 0 bridgehead atoms. The van der Waals surface area contributed by atoms with Crippen LogP contribution in [-0.2, 0) is 6.42 Å². The lowest BCUT2D eigenvalue weighted by atomic mass is 9.96. The highest BCUT2D eigenvalue weighted by Crippen LogP contribution is 2.17. The lowest BCUT2D eigenvalue weighted by Crippen LogP contribution is -2.25. The van der Waals surface area contributed by atoms with E-state index in [-0.39, 0.29) is 0 Å². The molecule has 0 spiro atoms. The van der Waals surface area contributed by atoms with Crippen LogP contribution in [0.15, 0.2) is 16.8 Å². The second-order valence-electron chi connectivity index (χ2n) is 3.16. The number of rotatable bonds is 3. The lowest BCUT2D eigenvalue weighted by molar-refractivity contribution is 0.0565. The summed E-state index contributed by atoms with van der Waals surface area (Å²) < 4.78 is 0. The molecule has 1 rings (SSSR count). The third-order valence-electron chi connectivity index (χ3n) is 1.93. The van der Waals surface area contributed by atoms with Crippen molar-refractivity contribution in [1.29, 1.82) is 0 Å². The zero-order valence-electron chi connectivity index (χ0n) is 7.00. The molecule has 1 unspecified atom stereocenters. The average Bonchev–Trinajstić information content (AvgIpc) is 2.39. The quantitative estimate of drug-likeness (QED) is 0.738. The van der Waals surface area contributed by atoms with E-state index in [4.69, 9.17) is 0 Å². The van der Waals surface area contributed by atoms with E-state index in [1.165, 1.54) is 5.56 Å². The van der Waals surface area contributed by atoms with Crippen molar-refractivity contribution in [1.82, 2.24) is 0 Å². The van der Waals surface area contributed by atoms with Gasteiger partial charge in [-0.2, -0.15) is 11.3 Å². The summed E-state index contributed by atoms with van der Waals surface area (Å²) in [6, 6.07) is 2.06. The van der Waals surface area contributed by atoms with Gasteiger partial charge in [0, 0.05) is 6.42 Å². The largest absolute Gasteiger partial charge is 0.390 e. The van der Waals surface area contributed by atoms with Crippen LogP contribution in [0.2, 0.25) is 0 Å². The zero-order valence-corrected chi connectivity index (χ0v) is 7.82. The SMILES string of the molecule is CCC(C)(O)Cc1ccsc1. The Morgan fingerprint density at radius 3 is 2.82 bits per heavy atom. The topological polar surface area (TPSA) is 20.2 Å². The molecule has 1 atom stereocenters. The van der Waals surface area contributed by atoms with Crippen molar-refractivity contribution < 1.29 is 5.11 Å². The molecule has 0 aliphatic carbocycles. The highest BCUT2D eigenvalue weighted by Gasteiger charge is 2.17.